The summed E-state index contributed by atoms with van der Waals surface area (Å²) in [6.07, 6.45) is 0.194. The molecule has 1 aliphatic rings. The number of amides is 1. The first-order valence-corrected chi connectivity index (χ1v) is 14.0. The molecule has 1 saturated carbocycles. The zero-order chi connectivity index (χ0) is 31.1. The van der Waals surface area contributed by atoms with Crippen LogP contribution < -0.4 is 11.0 Å². The average molecular weight is 593 g/mol. The highest BCUT2D eigenvalue weighted by Gasteiger charge is 2.34. The van der Waals surface area contributed by atoms with Crippen molar-refractivity contribution in [2.45, 2.75) is 50.9 Å². The highest BCUT2D eigenvalue weighted by Crippen LogP contribution is 2.32. The number of halogens is 3. The lowest BCUT2D eigenvalue weighted by molar-refractivity contribution is -0.897. The van der Waals surface area contributed by atoms with Crippen molar-refractivity contribution in [3.63, 3.8) is 0 Å². The maximum atomic E-state index is 14.0. The lowest BCUT2D eigenvalue weighted by Gasteiger charge is -2.38. The number of nitrogens with zero attached hydrogens (tertiary/aromatic N) is 6. The lowest BCUT2D eigenvalue weighted by atomic mass is 9.89. The summed E-state index contributed by atoms with van der Waals surface area (Å²) in [5.74, 6) is 0. The molecule has 12 heteroatoms. The van der Waals surface area contributed by atoms with Crippen molar-refractivity contribution in [3.05, 3.63) is 88.1 Å². The number of carbonyl (C=O) groups excluding carboxylic acids is 1. The molecule has 0 atom stereocenters. The smallest absolute Gasteiger partial charge is 0.335 e. The Balaban J connectivity index is 1.62. The third kappa shape index (κ3) is 5.85. The topological polar surface area (TPSA) is 97.6 Å². The third-order valence-electron chi connectivity index (χ3n) is 8.17. The van der Waals surface area contributed by atoms with Crippen LogP contribution in [-0.2, 0) is 6.18 Å². The molecule has 1 aliphatic carbocycles. The van der Waals surface area contributed by atoms with E-state index in [2.05, 4.69) is 37.6 Å². The van der Waals surface area contributed by atoms with Crippen molar-refractivity contribution in [2.75, 3.05) is 21.1 Å². The van der Waals surface area contributed by atoms with Crippen LogP contribution in [-0.4, -0.2) is 62.7 Å². The Hall–Kier alpha value is -4.63. The first kappa shape index (κ1) is 29.8. The minimum absolute atomic E-state index is 0.0157. The molecule has 2 heterocycles. The fourth-order valence-corrected chi connectivity index (χ4v) is 5.82. The summed E-state index contributed by atoms with van der Waals surface area (Å²) in [6.45, 7) is 1.59. The Kier molecular flexibility index (Phi) is 7.79. The van der Waals surface area contributed by atoms with Crippen LogP contribution in [0.1, 0.15) is 42.5 Å². The number of imidazole rings is 1. The fraction of sp³-hybridized carbons (Fsp3) is 0.355. The molecule has 0 aliphatic heterocycles. The second-order valence-corrected chi connectivity index (χ2v) is 11.8. The van der Waals surface area contributed by atoms with Gasteiger partial charge in [-0.25, -0.2) is 18.8 Å². The Labute approximate surface area is 247 Å². The number of alkyl halides is 3. The molecule has 0 spiro atoms. The van der Waals surface area contributed by atoms with E-state index in [-0.39, 0.29) is 23.1 Å². The zero-order valence-electron chi connectivity index (χ0n) is 24.4. The molecule has 1 N–H and O–H groups in total. The van der Waals surface area contributed by atoms with Gasteiger partial charge in [0.05, 0.1) is 73.3 Å². The fourth-order valence-electron chi connectivity index (χ4n) is 5.82. The lowest BCUT2D eigenvalue weighted by Crippen LogP contribution is -2.50. The number of hydrogen-bond donors (Lipinski definition) is 1. The Bertz CT molecular complexity index is 1740. The van der Waals surface area contributed by atoms with Gasteiger partial charge < -0.3 is 9.80 Å². The van der Waals surface area contributed by atoms with Gasteiger partial charge in [0.1, 0.15) is 5.69 Å². The summed E-state index contributed by atoms with van der Waals surface area (Å²) in [6, 6.07) is 14.4. The summed E-state index contributed by atoms with van der Waals surface area (Å²) in [5, 5.41) is 16.6. The number of hydrogen-bond acceptors (Lipinski definition) is 4. The summed E-state index contributed by atoms with van der Waals surface area (Å²) in [5.41, 5.74) is 0.143. The summed E-state index contributed by atoms with van der Waals surface area (Å²) < 4.78 is 45.2. The number of rotatable bonds is 5. The van der Waals surface area contributed by atoms with Gasteiger partial charge in [0, 0.05) is 18.9 Å². The van der Waals surface area contributed by atoms with Crippen molar-refractivity contribution in [2.24, 2.45) is 0 Å². The zero-order valence-corrected chi connectivity index (χ0v) is 24.4. The Morgan fingerprint density at radius 1 is 1.02 bits per heavy atom. The largest absolute Gasteiger partial charge is 0.416 e. The van der Waals surface area contributed by atoms with Gasteiger partial charge in [-0.2, -0.15) is 23.5 Å². The molecule has 224 valence electrons. The predicted octanol–water partition coefficient (Wildman–Crippen LogP) is 5.27. The van der Waals surface area contributed by atoms with E-state index >= 15 is 0 Å². The number of quaternary nitrogens is 1. The first-order valence-electron chi connectivity index (χ1n) is 14.0. The van der Waals surface area contributed by atoms with E-state index in [0.29, 0.717) is 23.0 Å². The maximum Gasteiger partial charge on any atom is 0.416 e. The van der Waals surface area contributed by atoms with Crippen LogP contribution in [0.2, 0.25) is 0 Å². The van der Waals surface area contributed by atoms with Gasteiger partial charge >= 0.3 is 17.9 Å². The molecule has 0 saturated heterocycles. The standard InChI is InChI=1S/C31H32F3N7O2/c1-20-28(27-16-17-36-40(27)24-12-8-21(19-35)9-13-24)39(29(42)37-23-10-14-26(15-11-23)41(2,3)4)30(43)38(20)25-7-5-6-22(18-25)31(32,33)34/h5-9,12-13,16-18,23,26H,10-11,14-15H2,1-4H3/p+1. The molecule has 1 fully saturated rings. The summed E-state index contributed by atoms with van der Waals surface area (Å²) in [4.78, 5) is 27.9. The van der Waals surface area contributed by atoms with E-state index < -0.39 is 23.5 Å². The normalized spacial score (nSPS) is 17.4. The SMILES string of the molecule is Cc1c(-c2ccnn2-c2ccc(C#N)cc2)n(C(=O)NC2CCC([N+](C)(C)C)CC2)c(=O)n1-c1cccc(C(F)(F)F)c1. The number of benzene rings is 2. The van der Waals surface area contributed by atoms with Crippen molar-refractivity contribution in [1.29, 1.82) is 5.26 Å². The number of nitrogens with one attached hydrogen (secondary N) is 1. The molecule has 4 aromatic rings. The first-order chi connectivity index (χ1) is 20.3. The molecule has 1 amide bonds. The highest BCUT2D eigenvalue weighted by molar-refractivity contribution is 5.83. The molecule has 0 unspecified atom stereocenters. The van der Waals surface area contributed by atoms with Gasteiger partial charge in [0.2, 0.25) is 0 Å². The number of aromatic nitrogens is 4. The van der Waals surface area contributed by atoms with Crippen LogP contribution in [0.3, 0.4) is 0 Å². The maximum absolute atomic E-state index is 14.0. The van der Waals surface area contributed by atoms with E-state index in [9.17, 15) is 28.0 Å². The van der Waals surface area contributed by atoms with Crippen LogP contribution in [0.5, 0.6) is 0 Å². The van der Waals surface area contributed by atoms with Crippen molar-refractivity contribution in [3.8, 4) is 28.8 Å². The van der Waals surface area contributed by atoms with Crippen LogP contribution in [0.15, 0.2) is 65.6 Å². The molecule has 2 aromatic carbocycles. The molecular weight excluding hydrogens is 559 g/mol. The Morgan fingerprint density at radius 2 is 1.70 bits per heavy atom. The summed E-state index contributed by atoms with van der Waals surface area (Å²) in [7, 11) is 6.43. The average Bonchev–Trinajstić information content (AvgIpc) is 3.54. The van der Waals surface area contributed by atoms with E-state index in [0.717, 1.165) is 51.4 Å². The second-order valence-electron chi connectivity index (χ2n) is 11.8. The van der Waals surface area contributed by atoms with Gasteiger partial charge in [-0.05, 0) is 68.3 Å². The van der Waals surface area contributed by atoms with Gasteiger partial charge in [-0.1, -0.05) is 6.07 Å². The van der Waals surface area contributed by atoms with Crippen molar-refractivity contribution in [1.82, 2.24) is 24.2 Å². The summed E-state index contributed by atoms with van der Waals surface area (Å²) >= 11 is 0. The van der Waals surface area contributed by atoms with E-state index in [4.69, 9.17) is 0 Å². The molecule has 0 bridgehead atoms. The molecule has 9 nitrogen and oxygen atoms in total. The van der Waals surface area contributed by atoms with Crippen LogP contribution >= 0.6 is 0 Å². The molecule has 43 heavy (non-hydrogen) atoms. The van der Waals surface area contributed by atoms with Crippen molar-refractivity contribution < 1.29 is 22.4 Å². The molecule has 2 aromatic heterocycles. The number of carbonyl (C=O) groups is 1. The van der Waals surface area contributed by atoms with Crippen molar-refractivity contribution >= 4 is 6.03 Å². The third-order valence-corrected chi connectivity index (χ3v) is 8.17. The highest BCUT2D eigenvalue weighted by atomic mass is 19.4. The molecule has 0 radical (unpaired) electrons. The number of nitriles is 1. The van der Waals surface area contributed by atoms with Crippen LogP contribution in [0.25, 0.3) is 22.8 Å². The monoisotopic (exact) mass is 592 g/mol. The van der Waals surface area contributed by atoms with Gasteiger partial charge in [-0.3, -0.25) is 4.57 Å². The molecule has 5 rings (SSSR count). The van der Waals surface area contributed by atoms with Gasteiger partial charge in [0.25, 0.3) is 0 Å². The molecular formula is C31H33F3N7O2+. The van der Waals surface area contributed by atoms with E-state index in [1.807, 2.05) is 0 Å². The van der Waals surface area contributed by atoms with Gasteiger partial charge in [-0.15, -0.1) is 0 Å². The second kappa shape index (κ2) is 11.2. The Morgan fingerprint density at radius 3 is 2.30 bits per heavy atom. The quantitative estimate of drug-likeness (QED) is 0.320. The van der Waals surface area contributed by atoms with E-state index in [1.165, 1.54) is 23.0 Å². The minimum Gasteiger partial charge on any atom is -0.335 e. The van der Waals surface area contributed by atoms with E-state index in [1.54, 1.807) is 37.3 Å². The predicted molar refractivity (Wildman–Crippen MR) is 155 cm³/mol. The minimum atomic E-state index is -4.62. The van der Waals surface area contributed by atoms with Gasteiger partial charge in [0.15, 0.2) is 0 Å². The van der Waals surface area contributed by atoms with Crippen LogP contribution in [0, 0.1) is 18.3 Å². The van der Waals surface area contributed by atoms with Crippen LogP contribution in [0.4, 0.5) is 18.0 Å².